The molecule has 0 saturated heterocycles. The molecular weight excluding hydrogens is 258 g/mol. The maximum atomic E-state index is 12.4. The summed E-state index contributed by atoms with van der Waals surface area (Å²) < 4.78 is 0. The lowest BCUT2D eigenvalue weighted by Gasteiger charge is -2.27. The van der Waals surface area contributed by atoms with Gasteiger partial charge in [0.2, 0.25) is 0 Å². The van der Waals surface area contributed by atoms with Crippen LogP contribution in [-0.2, 0) is 6.42 Å². The monoisotopic (exact) mass is 277 g/mol. The molecule has 0 spiro atoms. The first-order valence-electron chi connectivity index (χ1n) is 7.29. The van der Waals surface area contributed by atoms with Gasteiger partial charge >= 0.3 is 0 Å². The zero-order valence-corrected chi connectivity index (χ0v) is 12.3. The number of amides is 1. The minimum absolute atomic E-state index is 0.117. The van der Waals surface area contributed by atoms with E-state index in [0.29, 0.717) is 6.54 Å². The van der Waals surface area contributed by atoms with Crippen LogP contribution in [0.4, 0.5) is 0 Å². The molecule has 0 aliphatic carbocycles. The molecule has 1 aliphatic heterocycles. The molecule has 0 saturated carbocycles. The SMILES string of the molecule is C=CCN1CCc2cc(-c3ccc(C)cc3)ccc2C1=O. The average molecular weight is 277 g/mol. The van der Waals surface area contributed by atoms with Crippen LogP contribution in [0.5, 0.6) is 0 Å². The molecule has 2 aromatic rings. The van der Waals surface area contributed by atoms with Crippen molar-refractivity contribution in [3.05, 3.63) is 71.8 Å². The van der Waals surface area contributed by atoms with E-state index in [2.05, 4.69) is 43.8 Å². The van der Waals surface area contributed by atoms with E-state index in [1.807, 2.05) is 17.0 Å². The lowest BCUT2D eigenvalue weighted by molar-refractivity contribution is 0.0759. The normalized spacial score (nSPS) is 14.0. The van der Waals surface area contributed by atoms with E-state index in [-0.39, 0.29) is 5.91 Å². The van der Waals surface area contributed by atoms with Crippen LogP contribution in [0.2, 0.25) is 0 Å². The molecule has 2 aromatic carbocycles. The Morgan fingerprint density at radius 1 is 1.14 bits per heavy atom. The van der Waals surface area contributed by atoms with Gasteiger partial charge in [0.25, 0.3) is 5.91 Å². The molecule has 1 aliphatic rings. The van der Waals surface area contributed by atoms with E-state index in [1.54, 1.807) is 6.08 Å². The summed E-state index contributed by atoms with van der Waals surface area (Å²) in [5.74, 6) is 0.117. The van der Waals surface area contributed by atoms with E-state index in [4.69, 9.17) is 0 Å². The van der Waals surface area contributed by atoms with E-state index < -0.39 is 0 Å². The highest BCUT2D eigenvalue weighted by molar-refractivity contribution is 5.97. The highest BCUT2D eigenvalue weighted by atomic mass is 16.2. The van der Waals surface area contributed by atoms with Crippen molar-refractivity contribution in [1.82, 2.24) is 4.90 Å². The summed E-state index contributed by atoms with van der Waals surface area (Å²) >= 11 is 0. The van der Waals surface area contributed by atoms with E-state index in [1.165, 1.54) is 16.7 Å². The molecule has 2 heteroatoms. The molecule has 3 rings (SSSR count). The number of aryl methyl sites for hydroxylation is 1. The quantitative estimate of drug-likeness (QED) is 0.780. The summed E-state index contributed by atoms with van der Waals surface area (Å²) in [5.41, 5.74) is 5.62. The summed E-state index contributed by atoms with van der Waals surface area (Å²) in [6, 6.07) is 14.7. The second-order valence-electron chi connectivity index (χ2n) is 5.53. The Labute approximate surface area is 125 Å². The first-order chi connectivity index (χ1) is 10.2. The highest BCUT2D eigenvalue weighted by Gasteiger charge is 2.23. The van der Waals surface area contributed by atoms with Crippen molar-refractivity contribution in [2.45, 2.75) is 13.3 Å². The van der Waals surface area contributed by atoms with Gasteiger partial charge in [0, 0.05) is 18.7 Å². The summed E-state index contributed by atoms with van der Waals surface area (Å²) in [6.45, 7) is 7.19. The van der Waals surface area contributed by atoms with Crippen molar-refractivity contribution < 1.29 is 4.79 Å². The van der Waals surface area contributed by atoms with Crippen molar-refractivity contribution in [2.75, 3.05) is 13.1 Å². The fraction of sp³-hybridized carbons (Fsp3) is 0.211. The Hall–Kier alpha value is -2.35. The minimum Gasteiger partial charge on any atom is -0.335 e. The molecule has 2 nitrogen and oxygen atoms in total. The molecule has 0 radical (unpaired) electrons. The fourth-order valence-corrected chi connectivity index (χ4v) is 2.79. The molecular formula is C19H19NO. The Balaban J connectivity index is 1.94. The number of hydrogen-bond acceptors (Lipinski definition) is 1. The van der Waals surface area contributed by atoms with Crippen LogP contribution in [-0.4, -0.2) is 23.9 Å². The first-order valence-corrected chi connectivity index (χ1v) is 7.29. The summed E-state index contributed by atoms with van der Waals surface area (Å²) in [6.07, 6.45) is 2.69. The van der Waals surface area contributed by atoms with Crippen molar-refractivity contribution >= 4 is 5.91 Å². The van der Waals surface area contributed by atoms with Crippen molar-refractivity contribution in [3.8, 4) is 11.1 Å². The van der Waals surface area contributed by atoms with Gasteiger partial charge in [0.05, 0.1) is 0 Å². The second kappa shape index (κ2) is 5.57. The number of fused-ring (bicyclic) bond motifs is 1. The number of rotatable bonds is 3. The number of carbonyl (C=O) groups excluding carboxylic acids is 1. The van der Waals surface area contributed by atoms with Crippen LogP contribution in [0.25, 0.3) is 11.1 Å². The third-order valence-corrected chi connectivity index (χ3v) is 4.01. The van der Waals surface area contributed by atoms with Gasteiger partial charge in [-0.15, -0.1) is 6.58 Å². The largest absolute Gasteiger partial charge is 0.335 e. The van der Waals surface area contributed by atoms with Crippen LogP contribution in [0.15, 0.2) is 55.1 Å². The lowest BCUT2D eigenvalue weighted by atomic mass is 9.94. The van der Waals surface area contributed by atoms with Gasteiger partial charge in [-0.05, 0) is 36.1 Å². The van der Waals surface area contributed by atoms with Crippen LogP contribution < -0.4 is 0 Å². The van der Waals surface area contributed by atoms with Crippen LogP contribution in [0.3, 0.4) is 0 Å². The van der Waals surface area contributed by atoms with Crippen molar-refractivity contribution in [3.63, 3.8) is 0 Å². The van der Waals surface area contributed by atoms with Gasteiger partial charge in [0.15, 0.2) is 0 Å². The Morgan fingerprint density at radius 3 is 2.57 bits per heavy atom. The molecule has 0 atom stereocenters. The van der Waals surface area contributed by atoms with Gasteiger partial charge in [0.1, 0.15) is 0 Å². The number of nitrogens with zero attached hydrogens (tertiary/aromatic N) is 1. The van der Waals surface area contributed by atoms with Gasteiger partial charge < -0.3 is 4.90 Å². The molecule has 1 amide bonds. The number of carbonyl (C=O) groups is 1. The van der Waals surface area contributed by atoms with Gasteiger partial charge in [-0.25, -0.2) is 0 Å². The number of benzene rings is 2. The van der Waals surface area contributed by atoms with Gasteiger partial charge in [-0.3, -0.25) is 4.79 Å². The number of hydrogen-bond donors (Lipinski definition) is 0. The topological polar surface area (TPSA) is 20.3 Å². The Kier molecular flexibility index (Phi) is 3.61. The zero-order valence-electron chi connectivity index (χ0n) is 12.3. The summed E-state index contributed by atoms with van der Waals surface area (Å²) in [4.78, 5) is 14.2. The van der Waals surface area contributed by atoms with E-state index in [9.17, 15) is 4.79 Å². The maximum Gasteiger partial charge on any atom is 0.254 e. The highest BCUT2D eigenvalue weighted by Crippen LogP contribution is 2.26. The summed E-state index contributed by atoms with van der Waals surface area (Å²) in [7, 11) is 0. The van der Waals surface area contributed by atoms with Crippen molar-refractivity contribution in [1.29, 1.82) is 0 Å². The molecule has 0 N–H and O–H groups in total. The molecule has 21 heavy (non-hydrogen) atoms. The molecule has 0 fully saturated rings. The van der Waals surface area contributed by atoms with E-state index >= 15 is 0 Å². The third-order valence-electron chi connectivity index (χ3n) is 4.01. The maximum absolute atomic E-state index is 12.4. The molecule has 1 heterocycles. The smallest absolute Gasteiger partial charge is 0.254 e. The molecule has 0 bridgehead atoms. The minimum atomic E-state index is 0.117. The Bertz CT molecular complexity index is 685. The second-order valence-corrected chi connectivity index (χ2v) is 5.53. The van der Waals surface area contributed by atoms with Crippen LogP contribution in [0, 0.1) is 6.92 Å². The van der Waals surface area contributed by atoms with Gasteiger partial charge in [-0.1, -0.05) is 48.0 Å². The zero-order chi connectivity index (χ0) is 14.8. The van der Waals surface area contributed by atoms with Crippen LogP contribution in [0.1, 0.15) is 21.5 Å². The predicted molar refractivity (Wildman–Crippen MR) is 86.4 cm³/mol. The average Bonchev–Trinajstić information content (AvgIpc) is 2.51. The van der Waals surface area contributed by atoms with Crippen molar-refractivity contribution in [2.24, 2.45) is 0 Å². The lowest BCUT2D eigenvalue weighted by Crippen LogP contribution is -2.37. The van der Waals surface area contributed by atoms with E-state index in [0.717, 1.165) is 24.1 Å². The summed E-state index contributed by atoms with van der Waals surface area (Å²) in [5, 5.41) is 0. The molecule has 0 aromatic heterocycles. The van der Waals surface area contributed by atoms with Gasteiger partial charge in [-0.2, -0.15) is 0 Å². The Morgan fingerprint density at radius 2 is 1.86 bits per heavy atom. The van der Waals surface area contributed by atoms with Crippen LogP contribution >= 0.6 is 0 Å². The standard InChI is InChI=1S/C19H19NO/c1-3-11-20-12-10-17-13-16(8-9-18(17)19(20)21)15-6-4-14(2)5-7-15/h3-9,13H,1,10-12H2,2H3. The predicted octanol–water partition coefficient (Wildman–Crippen LogP) is 3.85. The first kappa shape index (κ1) is 13.6. The molecule has 0 unspecified atom stereocenters. The third kappa shape index (κ3) is 2.62. The molecule has 106 valence electrons. The fourth-order valence-electron chi connectivity index (χ4n) is 2.79.